The van der Waals surface area contributed by atoms with Crippen LogP contribution in [-0.4, -0.2) is 8.07 Å². The normalized spacial score (nSPS) is 21.4. The van der Waals surface area contributed by atoms with Crippen LogP contribution in [0.3, 0.4) is 0 Å². The van der Waals surface area contributed by atoms with Gasteiger partial charge in [-0.15, -0.1) is 6.58 Å². The third-order valence-electron chi connectivity index (χ3n) is 5.41. The predicted octanol–water partition coefficient (Wildman–Crippen LogP) is 6.69. The molecular weight excluding hydrogens is 280 g/mol. The van der Waals surface area contributed by atoms with Crippen molar-refractivity contribution in [2.45, 2.75) is 59.8 Å². The van der Waals surface area contributed by atoms with Crippen molar-refractivity contribution in [3.63, 3.8) is 0 Å². The molecule has 120 valence electrons. The fourth-order valence-electron chi connectivity index (χ4n) is 4.34. The van der Waals surface area contributed by atoms with Gasteiger partial charge in [0.05, 0.1) is 0 Å². The van der Waals surface area contributed by atoms with Crippen molar-refractivity contribution < 1.29 is 0 Å². The Morgan fingerprint density at radius 1 is 1.00 bits per heavy atom. The van der Waals surface area contributed by atoms with E-state index in [9.17, 15) is 0 Å². The zero-order chi connectivity index (χ0) is 16.7. The molecule has 0 nitrogen and oxygen atoms in total. The molecule has 0 aromatic rings. The molecule has 0 heterocycles. The summed E-state index contributed by atoms with van der Waals surface area (Å²) in [5, 5.41) is 0. The minimum Gasteiger partial charge on any atom is -0.100 e. The molecule has 2 aliphatic rings. The average Bonchev–Trinajstić information content (AvgIpc) is 2.89. The molecule has 0 fully saturated rings. The predicted molar refractivity (Wildman–Crippen MR) is 103 cm³/mol. The summed E-state index contributed by atoms with van der Waals surface area (Å²) in [5.74, 6) is 0.515. The summed E-state index contributed by atoms with van der Waals surface area (Å²) >= 11 is 0. The van der Waals surface area contributed by atoms with Crippen molar-refractivity contribution >= 4 is 8.07 Å². The van der Waals surface area contributed by atoms with Crippen molar-refractivity contribution in [2.24, 2.45) is 11.3 Å². The molecule has 0 aliphatic heterocycles. The monoisotopic (exact) mass is 312 g/mol. The van der Waals surface area contributed by atoms with Gasteiger partial charge in [-0.05, 0) is 51.3 Å². The number of hydrogen-bond acceptors (Lipinski definition) is 0. The van der Waals surface area contributed by atoms with Crippen molar-refractivity contribution in [3.8, 4) is 0 Å². The first-order valence-corrected chi connectivity index (χ1v) is 12.2. The Balaban J connectivity index is 2.34. The summed E-state index contributed by atoms with van der Waals surface area (Å²) in [6, 6.07) is 1.23. The highest BCUT2D eigenvalue weighted by Gasteiger charge is 2.41. The molecule has 2 aliphatic carbocycles. The number of hydrogen-bond donors (Lipinski definition) is 0. The van der Waals surface area contributed by atoms with Gasteiger partial charge in [0.1, 0.15) is 0 Å². The van der Waals surface area contributed by atoms with Crippen LogP contribution < -0.4 is 0 Å². The lowest BCUT2D eigenvalue weighted by Gasteiger charge is -2.36. The highest BCUT2D eigenvalue weighted by Crippen LogP contribution is 2.52. The van der Waals surface area contributed by atoms with Gasteiger partial charge in [0.2, 0.25) is 0 Å². The smallest absolute Gasteiger partial charge is 0.0483 e. The highest BCUT2D eigenvalue weighted by molar-refractivity contribution is 6.76. The third kappa shape index (κ3) is 3.15. The van der Waals surface area contributed by atoms with E-state index in [4.69, 9.17) is 0 Å². The Hall–Kier alpha value is -1.08. The minimum absolute atomic E-state index is 0.115. The maximum atomic E-state index is 4.44. The quantitative estimate of drug-likeness (QED) is 0.392. The highest BCUT2D eigenvalue weighted by atomic mass is 28.3. The van der Waals surface area contributed by atoms with Crippen LogP contribution in [0.25, 0.3) is 0 Å². The Labute approximate surface area is 138 Å². The summed E-state index contributed by atoms with van der Waals surface area (Å²) in [5.41, 5.74) is 7.62. The van der Waals surface area contributed by atoms with Crippen molar-refractivity contribution in [3.05, 3.63) is 58.7 Å². The van der Waals surface area contributed by atoms with E-state index in [0.717, 1.165) is 6.42 Å². The standard InChI is InChI=1S/C21H32Si/c1-15(14-22(6,7)8)13-21(11-9-10-12-21)20-18(4)16(2)17(3)19(20)5/h9-12,20H,1,13-14H2,2-8H3. The molecule has 0 aromatic heterocycles. The second-order valence-electron chi connectivity index (χ2n) is 8.54. The molecule has 2 rings (SSSR count). The van der Waals surface area contributed by atoms with E-state index in [-0.39, 0.29) is 5.41 Å². The number of allylic oxidation sites excluding steroid dienone is 9. The zero-order valence-electron chi connectivity index (χ0n) is 15.5. The molecule has 0 radical (unpaired) electrons. The molecule has 22 heavy (non-hydrogen) atoms. The van der Waals surface area contributed by atoms with E-state index >= 15 is 0 Å². The van der Waals surface area contributed by atoms with Crippen LogP contribution in [0.1, 0.15) is 34.1 Å². The van der Waals surface area contributed by atoms with Gasteiger partial charge < -0.3 is 0 Å². The molecule has 0 N–H and O–H groups in total. The van der Waals surface area contributed by atoms with E-state index in [1.165, 1.54) is 22.8 Å². The summed E-state index contributed by atoms with van der Waals surface area (Å²) in [7, 11) is -1.10. The van der Waals surface area contributed by atoms with Gasteiger partial charge >= 0.3 is 0 Å². The van der Waals surface area contributed by atoms with E-state index in [1.54, 1.807) is 11.1 Å². The van der Waals surface area contributed by atoms with Crippen molar-refractivity contribution in [2.75, 3.05) is 0 Å². The van der Waals surface area contributed by atoms with Gasteiger partial charge in [-0.2, -0.15) is 0 Å². The van der Waals surface area contributed by atoms with Gasteiger partial charge in [-0.25, -0.2) is 0 Å². The van der Waals surface area contributed by atoms with Gasteiger partial charge in [-0.3, -0.25) is 0 Å². The van der Waals surface area contributed by atoms with E-state index in [1.807, 2.05) is 0 Å². The molecular formula is C21H32Si. The number of rotatable bonds is 5. The molecule has 0 bridgehead atoms. The lowest BCUT2D eigenvalue weighted by Crippen LogP contribution is -2.29. The molecule has 1 heteroatoms. The summed E-state index contributed by atoms with van der Waals surface area (Å²) in [4.78, 5) is 0. The maximum absolute atomic E-state index is 4.44. The SMILES string of the molecule is C=C(CC1(C2C(C)=C(C)C(C)=C2C)C=CC=C1)C[Si](C)(C)C. The topological polar surface area (TPSA) is 0 Å². The molecule has 0 atom stereocenters. The van der Waals surface area contributed by atoms with Gasteiger partial charge in [0, 0.05) is 19.4 Å². The molecule has 0 aromatic carbocycles. The molecule has 0 amide bonds. The van der Waals surface area contributed by atoms with Crippen molar-refractivity contribution in [1.29, 1.82) is 0 Å². The average molecular weight is 313 g/mol. The van der Waals surface area contributed by atoms with Crippen LogP contribution in [-0.2, 0) is 0 Å². The van der Waals surface area contributed by atoms with Crippen LogP contribution in [0, 0.1) is 11.3 Å². The first kappa shape index (κ1) is 17.3. The summed E-state index contributed by atoms with van der Waals surface area (Å²) in [6.45, 7) is 21.0. The Morgan fingerprint density at radius 2 is 1.45 bits per heavy atom. The second-order valence-corrected chi connectivity index (χ2v) is 14.0. The van der Waals surface area contributed by atoms with Gasteiger partial charge in [0.25, 0.3) is 0 Å². The van der Waals surface area contributed by atoms with Crippen LogP contribution in [0.5, 0.6) is 0 Å². The van der Waals surface area contributed by atoms with Crippen molar-refractivity contribution in [1.82, 2.24) is 0 Å². The Bertz CT molecular complexity index is 566. The fourth-order valence-corrected chi connectivity index (χ4v) is 5.96. The minimum atomic E-state index is -1.10. The largest absolute Gasteiger partial charge is 0.100 e. The lowest BCUT2D eigenvalue weighted by molar-refractivity contribution is 0.387. The second kappa shape index (κ2) is 5.85. The van der Waals surface area contributed by atoms with E-state index in [2.05, 4.69) is 78.2 Å². The summed E-state index contributed by atoms with van der Waals surface area (Å²) < 4.78 is 0. The first-order valence-electron chi connectivity index (χ1n) is 8.46. The first-order chi connectivity index (χ1) is 10.1. The molecule has 0 saturated carbocycles. The van der Waals surface area contributed by atoms with E-state index in [0.29, 0.717) is 5.92 Å². The van der Waals surface area contributed by atoms with E-state index < -0.39 is 8.07 Å². The van der Waals surface area contributed by atoms with Gasteiger partial charge in [0.15, 0.2) is 0 Å². The zero-order valence-corrected chi connectivity index (χ0v) is 16.5. The van der Waals surface area contributed by atoms with Crippen LogP contribution >= 0.6 is 0 Å². The molecule has 0 spiro atoms. The van der Waals surface area contributed by atoms with Crippen LogP contribution in [0.2, 0.25) is 25.7 Å². The van der Waals surface area contributed by atoms with Gasteiger partial charge in [-0.1, -0.05) is 60.7 Å². The fraction of sp³-hybridized carbons (Fsp3) is 0.524. The van der Waals surface area contributed by atoms with Crippen LogP contribution in [0.4, 0.5) is 0 Å². The summed E-state index contributed by atoms with van der Waals surface area (Å²) in [6.07, 6.45) is 10.4. The lowest BCUT2D eigenvalue weighted by atomic mass is 9.68. The van der Waals surface area contributed by atoms with Crippen LogP contribution in [0.15, 0.2) is 58.7 Å². The third-order valence-corrected chi connectivity index (χ3v) is 6.97. The molecule has 0 saturated heterocycles. The Kier molecular flexibility index (Phi) is 4.59. The molecule has 0 unspecified atom stereocenters. The maximum Gasteiger partial charge on any atom is 0.0483 e. The Morgan fingerprint density at radius 3 is 1.86 bits per heavy atom.